The minimum Gasteiger partial charge on any atom is -0.151 e. The van der Waals surface area contributed by atoms with E-state index >= 15 is 0 Å². The van der Waals surface area contributed by atoms with Crippen LogP contribution in [0, 0.1) is 0 Å². The summed E-state index contributed by atoms with van der Waals surface area (Å²) in [5.74, 6) is 0. The van der Waals surface area contributed by atoms with Crippen LogP contribution in [0.3, 0.4) is 0 Å². The zero-order valence-corrected chi connectivity index (χ0v) is 12.1. The van der Waals surface area contributed by atoms with E-state index in [0.29, 0.717) is 0 Å². The van der Waals surface area contributed by atoms with Crippen LogP contribution in [-0.4, -0.2) is 0 Å². The van der Waals surface area contributed by atoms with Crippen LogP contribution in [0.25, 0.3) is 0 Å². The predicted octanol–water partition coefficient (Wildman–Crippen LogP) is 5.12. The average molecular weight is 352 g/mol. The molecule has 0 saturated carbocycles. The van der Waals surface area contributed by atoms with Crippen molar-refractivity contribution in [2.45, 2.75) is 12.8 Å². The van der Waals surface area contributed by atoms with E-state index in [1.54, 1.807) is 22.7 Å². The third-order valence-electron chi connectivity index (χ3n) is 2.04. The summed E-state index contributed by atoms with van der Waals surface area (Å²) in [4.78, 5) is 0. The minimum absolute atomic E-state index is 1.11. The lowest BCUT2D eigenvalue weighted by molar-refractivity contribution is 0.962. The van der Waals surface area contributed by atoms with Gasteiger partial charge in [0.25, 0.3) is 0 Å². The second-order valence-corrected chi connectivity index (χ2v) is 6.19. The van der Waals surface area contributed by atoms with Crippen LogP contribution in [0.1, 0.15) is 11.1 Å². The Morgan fingerprint density at radius 1 is 0.786 bits per heavy atom. The summed E-state index contributed by atoms with van der Waals surface area (Å²) in [6.07, 6.45) is 2.22. The van der Waals surface area contributed by atoms with E-state index in [4.69, 9.17) is 0 Å². The molecule has 0 aliphatic rings. The molecule has 0 amide bonds. The molecule has 74 valence electrons. The molecule has 0 radical (unpaired) electrons. The molecule has 2 heterocycles. The third-order valence-corrected chi connectivity index (χ3v) is 5.71. The highest BCUT2D eigenvalue weighted by molar-refractivity contribution is 9.10. The largest absolute Gasteiger partial charge is 0.151 e. The van der Waals surface area contributed by atoms with Crippen LogP contribution in [0.4, 0.5) is 0 Å². The van der Waals surface area contributed by atoms with Gasteiger partial charge in [0.1, 0.15) is 0 Å². The van der Waals surface area contributed by atoms with E-state index in [-0.39, 0.29) is 0 Å². The number of halogens is 2. The van der Waals surface area contributed by atoms with Crippen molar-refractivity contribution >= 4 is 54.5 Å². The molecule has 0 fully saturated rings. The summed E-state index contributed by atoms with van der Waals surface area (Å²) in [7, 11) is 0. The molecule has 0 unspecified atom stereocenters. The first-order chi connectivity index (χ1) is 6.77. The van der Waals surface area contributed by atoms with Crippen molar-refractivity contribution in [3.8, 4) is 0 Å². The molecule has 2 aromatic heterocycles. The lowest BCUT2D eigenvalue weighted by Gasteiger charge is -1.98. The normalized spacial score (nSPS) is 10.7. The van der Waals surface area contributed by atoms with Gasteiger partial charge in [-0.1, -0.05) is 0 Å². The van der Waals surface area contributed by atoms with Gasteiger partial charge in [-0.3, -0.25) is 0 Å². The van der Waals surface area contributed by atoms with Crippen molar-refractivity contribution in [3.63, 3.8) is 0 Å². The van der Waals surface area contributed by atoms with Gasteiger partial charge >= 0.3 is 0 Å². The Kier molecular flexibility index (Phi) is 3.82. The Hall–Kier alpha value is 0.360. The smallest absolute Gasteiger partial charge is 0.0314 e. The first kappa shape index (κ1) is 10.9. The van der Waals surface area contributed by atoms with E-state index in [0.717, 1.165) is 12.8 Å². The highest BCUT2D eigenvalue weighted by Crippen LogP contribution is 2.26. The molecule has 0 aromatic carbocycles. The van der Waals surface area contributed by atoms with Crippen LogP contribution in [0.15, 0.2) is 30.5 Å². The summed E-state index contributed by atoms with van der Waals surface area (Å²) >= 11 is 10.6. The van der Waals surface area contributed by atoms with Crippen LogP contribution < -0.4 is 0 Å². The number of aryl methyl sites for hydroxylation is 2. The van der Waals surface area contributed by atoms with Crippen molar-refractivity contribution in [1.29, 1.82) is 0 Å². The molecule has 0 saturated heterocycles. The topological polar surface area (TPSA) is 0 Å². The molecule has 0 aliphatic carbocycles. The fraction of sp³-hybridized carbons (Fsp3) is 0.200. The molecular formula is C10H8Br2S2. The molecule has 0 atom stereocenters. The van der Waals surface area contributed by atoms with E-state index in [1.165, 1.54) is 20.1 Å². The highest BCUT2D eigenvalue weighted by atomic mass is 79.9. The minimum atomic E-state index is 1.11. The van der Waals surface area contributed by atoms with Gasteiger partial charge in [0, 0.05) is 19.7 Å². The lowest BCUT2D eigenvalue weighted by atomic mass is 10.1. The molecule has 0 bridgehead atoms. The molecule has 2 aromatic rings. The van der Waals surface area contributed by atoms with Crippen LogP contribution in [0.5, 0.6) is 0 Å². The monoisotopic (exact) mass is 350 g/mol. The fourth-order valence-corrected chi connectivity index (χ4v) is 4.31. The lowest BCUT2D eigenvalue weighted by Crippen LogP contribution is -1.88. The standard InChI is InChI=1S/C10H8Br2S2/c11-9-5-13-3-7(9)1-2-8-4-14-6-10(8)12/h3-6H,1-2H2. The SMILES string of the molecule is Brc1cscc1CCc1cscc1Br. The van der Waals surface area contributed by atoms with Crippen molar-refractivity contribution < 1.29 is 0 Å². The first-order valence-electron chi connectivity index (χ1n) is 4.18. The molecule has 0 N–H and O–H groups in total. The summed E-state index contributed by atoms with van der Waals surface area (Å²) in [5, 5.41) is 8.70. The second kappa shape index (κ2) is 4.92. The van der Waals surface area contributed by atoms with Gasteiger partial charge < -0.3 is 0 Å². The molecule has 14 heavy (non-hydrogen) atoms. The number of hydrogen-bond acceptors (Lipinski definition) is 2. The molecule has 0 aliphatic heterocycles. The molecule has 0 nitrogen and oxygen atoms in total. The van der Waals surface area contributed by atoms with Gasteiger partial charge in [0.05, 0.1) is 0 Å². The second-order valence-electron chi connectivity index (χ2n) is 2.99. The quantitative estimate of drug-likeness (QED) is 0.719. The number of hydrogen-bond donors (Lipinski definition) is 0. The molecule has 4 heteroatoms. The third kappa shape index (κ3) is 2.48. The van der Waals surface area contributed by atoms with E-state index in [1.807, 2.05) is 0 Å². The van der Waals surface area contributed by atoms with Crippen LogP contribution >= 0.6 is 54.5 Å². The average Bonchev–Trinajstić information content (AvgIpc) is 2.72. The first-order valence-corrected chi connectivity index (χ1v) is 7.65. The molecule has 0 spiro atoms. The Bertz CT molecular complexity index is 377. The maximum absolute atomic E-state index is 3.55. The summed E-state index contributed by atoms with van der Waals surface area (Å²) in [5.41, 5.74) is 2.82. The zero-order chi connectivity index (χ0) is 9.97. The number of thiophene rings is 2. The van der Waals surface area contributed by atoms with E-state index in [9.17, 15) is 0 Å². The Morgan fingerprint density at radius 2 is 1.21 bits per heavy atom. The van der Waals surface area contributed by atoms with Gasteiger partial charge in [0.15, 0.2) is 0 Å². The Morgan fingerprint density at radius 3 is 1.50 bits per heavy atom. The van der Waals surface area contributed by atoms with Gasteiger partial charge in [-0.15, -0.1) is 0 Å². The summed E-state index contributed by atoms with van der Waals surface area (Å²) in [6.45, 7) is 0. The van der Waals surface area contributed by atoms with Gasteiger partial charge in [-0.2, -0.15) is 22.7 Å². The maximum atomic E-state index is 3.55. The Balaban J connectivity index is 2.02. The summed E-state index contributed by atoms with van der Waals surface area (Å²) in [6, 6.07) is 0. The van der Waals surface area contributed by atoms with E-state index in [2.05, 4.69) is 53.4 Å². The molecule has 2 rings (SSSR count). The van der Waals surface area contributed by atoms with Crippen molar-refractivity contribution in [2.24, 2.45) is 0 Å². The van der Waals surface area contributed by atoms with Gasteiger partial charge in [-0.25, -0.2) is 0 Å². The summed E-state index contributed by atoms with van der Waals surface area (Å²) < 4.78 is 2.49. The highest BCUT2D eigenvalue weighted by Gasteiger charge is 2.04. The van der Waals surface area contributed by atoms with Crippen molar-refractivity contribution in [1.82, 2.24) is 0 Å². The van der Waals surface area contributed by atoms with Crippen molar-refractivity contribution in [2.75, 3.05) is 0 Å². The van der Waals surface area contributed by atoms with Gasteiger partial charge in [0.2, 0.25) is 0 Å². The van der Waals surface area contributed by atoms with Crippen molar-refractivity contribution in [3.05, 3.63) is 41.6 Å². The van der Waals surface area contributed by atoms with Gasteiger partial charge in [-0.05, 0) is 66.6 Å². The zero-order valence-electron chi connectivity index (χ0n) is 7.30. The van der Waals surface area contributed by atoms with Crippen LogP contribution in [-0.2, 0) is 12.8 Å². The maximum Gasteiger partial charge on any atom is 0.0314 e. The predicted molar refractivity (Wildman–Crippen MR) is 71.4 cm³/mol. The fourth-order valence-electron chi connectivity index (χ4n) is 1.24. The number of rotatable bonds is 3. The van der Waals surface area contributed by atoms with Crippen LogP contribution in [0.2, 0.25) is 0 Å². The van der Waals surface area contributed by atoms with E-state index < -0.39 is 0 Å². The Labute approximate surface area is 108 Å². The molecular weight excluding hydrogens is 344 g/mol.